The highest BCUT2D eigenvalue weighted by atomic mass is 32.1. The molecule has 4 heterocycles. The van der Waals surface area contributed by atoms with Crippen LogP contribution in [-0.4, -0.2) is 28.0 Å². The predicted molar refractivity (Wildman–Crippen MR) is 105 cm³/mol. The van der Waals surface area contributed by atoms with Gasteiger partial charge in [0, 0.05) is 34.9 Å². The van der Waals surface area contributed by atoms with Crippen LogP contribution in [0.2, 0.25) is 0 Å². The van der Waals surface area contributed by atoms with Gasteiger partial charge in [-0.3, -0.25) is 0 Å². The Hall–Kier alpha value is -2.50. The largest absolute Gasteiger partial charge is 0.359 e. The maximum Gasteiger partial charge on any atom is 0.170 e. The summed E-state index contributed by atoms with van der Waals surface area (Å²) in [4.78, 5) is 12.7. The number of benzene rings is 1. The number of pyridine rings is 1. The van der Waals surface area contributed by atoms with Crippen LogP contribution in [0.15, 0.2) is 42.6 Å². The first-order valence-electron chi connectivity index (χ1n) is 8.53. The predicted octanol–water partition coefficient (Wildman–Crippen LogP) is 4.52. The van der Waals surface area contributed by atoms with Crippen LogP contribution < -0.4 is 5.32 Å². The van der Waals surface area contributed by atoms with Crippen LogP contribution in [0.1, 0.15) is 17.7 Å². The second-order valence-electron chi connectivity index (χ2n) is 6.50. The molecular weight excluding hydrogens is 328 g/mol. The minimum atomic E-state index is 0.837. The molecule has 5 rings (SSSR count). The highest BCUT2D eigenvalue weighted by Gasteiger charge is 2.12. The summed E-state index contributed by atoms with van der Waals surface area (Å²) < 4.78 is 1.15. The summed E-state index contributed by atoms with van der Waals surface area (Å²) in [6.07, 6.45) is 5.28. The van der Waals surface area contributed by atoms with Crippen molar-refractivity contribution < 1.29 is 0 Å². The number of aromatic amines is 1. The van der Waals surface area contributed by atoms with Crippen molar-refractivity contribution in [2.45, 2.75) is 13.3 Å². The molecule has 25 heavy (non-hydrogen) atoms. The van der Waals surface area contributed by atoms with E-state index in [0.29, 0.717) is 0 Å². The third kappa shape index (κ3) is 2.65. The summed E-state index contributed by atoms with van der Waals surface area (Å²) >= 11 is 1.72. The fourth-order valence-corrected chi connectivity index (χ4v) is 4.37. The van der Waals surface area contributed by atoms with Crippen LogP contribution >= 0.6 is 11.3 Å². The molecule has 0 radical (unpaired) electrons. The second-order valence-corrected chi connectivity index (χ2v) is 7.53. The van der Waals surface area contributed by atoms with Crippen molar-refractivity contribution in [2.24, 2.45) is 0 Å². The Labute approximate surface area is 149 Å². The van der Waals surface area contributed by atoms with E-state index in [9.17, 15) is 0 Å². The SMILES string of the molecule is Cc1cc2cc(-c3nc4ncc(C5=CCNCC5)cc4s3)ccc2[nH]1. The Morgan fingerprint density at radius 3 is 2.96 bits per heavy atom. The molecule has 0 saturated heterocycles. The summed E-state index contributed by atoms with van der Waals surface area (Å²) in [7, 11) is 0. The molecular formula is C20H18N4S. The Bertz CT molecular complexity index is 1120. The number of nitrogens with one attached hydrogen (secondary N) is 2. The molecule has 0 fully saturated rings. The van der Waals surface area contributed by atoms with Gasteiger partial charge < -0.3 is 10.3 Å². The van der Waals surface area contributed by atoms with E-state index in [1.807, 2.05) is 6.20 Å². The molecule has 0 spiro atoms. The quantitative estimate of drug-likeness (QED) is 0.561. The monoisotopic (exact) mass is 346 g/mol. The fraction of sp³-hybridized carbons (Fsp3) is 0.200. The maximum atomic E-state index is 4.75. The van der Waals surface area contributed by atoms with Gasteiger partial charge in [-0.2, -0.15) is 0 Å². The van der Waals surface area contributed by atoms with Gasteiger partial charge in [0.1, 0.15) is 5.01 Å². The Kier molecular flexibility index (Phi) is 3.43. The van der Waals surface area contributed by atoms with E-state index >= 15 is 0 Å². The number of fused-ring (bicyclic) bond motifs is 2. The first-order valence-corrected chi connectivity index (χ1v) is 9.34. The lowest BCUT2D eigenvalue weighted by molar-refractivity contribution is 0.738. The minimum absolute atomic E-state index is 0.837. The van der Waals surface area contributed by atoms with Crippen LogP contribution in [0.25, 0.3) is 37.4 Å². The Morgan fingerprint density at radius 2 is 2.08 bits per heavy atom. The molecule has 124 valence electrons. The van der Waals surface area contributed by atoms with Gasteiger partial charge in [0.05, 0.1) is 4.70 Å². The van der Waals surface area contributed by atoms with E-state index < -0.39 is 0 Å². The molecule has 0 atom stereocenters. The van der Waals surface area contributed by atoms with Crippen LogP contribution in [0.5, 0.6) is 0 Å². The van der Waals surface area contributed by atoms with Gasteiger partial charge in [0.15, 0.2) is 5.65 Å². The molecule has 0 amide bonds. The van der Waals surface area contributed by atoms with Crippen molar-refractivity contribution in [3.63, 3.8) is 0 Å². The summed E-state index contributed by atoms with van der Waals surface area (Å²) in [6.45, 7) is 4.06. The normalized spacial score (nSPS) is 15.0. The number of rotatable bonds is 2. The number of nitrogens with zero attached hydrogens (tertiary/aromatic N) is 2. The van der Waals surface area contributed by atoms with Gasteiger partial charge in [-0.1, -0.05) is 6.08 Å². The molecule has 4 nitrogen and oxygen atoms in total. The Morgan fingerprint density at radius 1 is 1.12 bits per heavy atom. The number of thiazole rings is 1. The molecule has 2 N–H and O–H groups in total. The van der Waals surface area contributed by atoms with Crippen molar-refractivity contribution in [3.05, 3.63) is 53.9 Å². The van der Waals surface area contributed by atoms with Gasteiger partial charge in [0.25, 0.3) is 0 Å². The lowest BCUT2D eigenvalue weighted by atomic mass is 10.0. The highest BCUT2D eigenvalue weighted by molar-refractivity contribution is 7.21. The van der Waals surface area contributed by atoms with Crippen molar-refractivity contribution in [1.29, 1.82) is 0 Å². The number of hydrogen-bond donors (Lipinski definition) is 2. The summed E-state index contributed by atoms with van der Waals surface area (Å²) in [5.41, 5.74) is 6.94. The third-order valence-electron chi connectivity index (χ3n) is 4.68. The van der Waals surface area contributed by atoms with E-state index in [0.717, 1.165) is 40.4 Å². The zero-order chi connectivity index (χ0) is 16.8. The molecule has 1 aliphatic rings. The fourth-order valence-electron chi connectivity index (χ4n) is 3.41. The van der Waals surface area contributed by atoms with Crippen molar-refractivity contribution in [1.82, 2.24) is 20.3 Å². The smallest absolute Gasteiger partial charge is 0.170 e. The molecule has 3 aromatic heterocycles. The number of H-pyrrole nitrogens is 1. The zero-order valence-electron chi connectivity index (χ0n) is 14.0. The summed E-state index contributed by atoms with van der Waals surface area (Å²) in [5.74, 6) is 0. The van der Waals surface area contributed by atoms with Crippen LogP contribution in [0.4, 0.5) is 0 Å². The van der Waals surface area contributed by atoms with Gasteiger partial charge in [-0.05, 0) is 61.4 Å². The maximum absolute atomic E-state index is 4.75. The minimum Gasteiger partial charge on any atom is -0.359 e. The van der Waals surface area contributed by atoms with Gasteiger partial charge in [0.2, 0.25) is 0 Å². The third-order valence-corrected chi connectivity index (χ3v) is 5.72. The Balaban J connectivity index is 1.57. The first kappa shape index (κ1) is 14.8. The van der Waals surface area contributed by atoms with E-state index in [-0.39, 0.29) is 0 Å². The number of aromatic nitrogens is 3. The average molecular weight is 346 g/mol. The number of aryl methyl sites for hydroxylation is 1. The molecule has 1 aromatic carbocycles. The van der Waals surface area contributed by atoms with Gasteiger partial charge in [-0.15, -0.1) is 11.3 Å². The lowest BCUT2D eigenvalue weighted by Gasteiger charge is -2.13. The summed E-state index contributed by atoms with van der Waals surface area (Å²) in [6, 6.07) is 10.9. The molecule has 0 unspecified atom stereocenters. The molecule has 4 aromatic rings. The molecule has 0 aliphatic carbocycles. The molecule has 5 heteroatoms. The zero-order valence-corrected chi connectivity index (χ0v) is 14.8. The number of hydrogen-bond acceptors (Lipinski definition) is 4. The van der Waals surface area contributed by atoms with Crippen LogP contribution in [-0.2, 0) is 0 Å². The van der Waals surface area contributed by atoms with Crippen molar-refractivity contribution in [2.75, 3.05) is 13.1 Å². The van der Waals surface area contributed by atoms with Gasteiger partial charge in [-0.25, -0.2) is 9.97 Å². The first-order chi connectivity index (χ1) is 12.3. The van der Waals surface area contributed by atoms with E-state index in [1.54, 1.807) is 11.3 Å². The van der Waals surface area contributed by atoms with Crippen LogP contribution in [0, 0.1) is 6.92 Å². The van der Waals surface area contributed by atoms with Crippen molar-refractivity contribution in [3.8, 4) is 10.6 Å². The topological polar surface area (TPSA) is 53.6 Å². The van der Waals surface area contributed by atoms with Crippen molar-refractivity contribution >= 4 is 38.2 Å². The van der Waals surface area contributed by atoms with E-state index in [4.69, 9.17) is 4.98 Å². The average Bonchev–Trinajstić information content (AvgIpc) is 3.23. The van der Waals surface area contributed by atoms with E-state index in [1.165, 1.54) is 27.7 Å². The standard InChI is InChI=1S/C20H18N4S/c1-12-8-15-9-14(2-3-17(15)23-12)20-24-19-18(25-20)10-16(11-22-19)13-4-6-21-7-5-13/h2-4,8-11,21,23H,5-7H2,1H3. The van der Waals surface area contributed by atoms with E-state index in [2.05, 4.69) is 58.6 Å². The molecule has 0 bridgehead atoms. The van der Waals surface area contributed by atoms with Gasteiger partial charge >= 0.3 is 0 Å². The lowest BCUT2D eigenvalue weighted by Crippen LogP contribution is -2.20. The van der Waals surface area contributed by atoms with Crippen LogP contribution in [0.3, 0.4) is 0 Å². The molecule has 1 aliphatic heterocycles. The highest BCUT2D eigenvalue weighted by Crippen LogP contribution is 2.33. The molecule has 0 saturated carbocycles. The summed E-state index contributed by atoms with van der Waals surface area (Å²) in [5, 5.41) is 5.61. The second kappa shape index (κ2) is 5.79.